The van der Waals surface area contributed by atoms with Gasteiger partial charge in [0, 0.05) is 17.0 Å². The summed E-state index contributed by atoms with van der Waals surface area (Å²) in [5, 5.41) is 12.0. The molecular weight excluding hydrogens is 528 g/mol. The number of nitrogens with zero attached hydrogens (tertiary/aromatic N) is 2. The van der Waals surface area contributed by atoms with Gasteiger partial charge in [-0.3, -0.25) is 4.79 Å². The van der Waals surface area contributed by atoms with Crippen LogP contribution < -0.4 is 10.6 Å². The fourth-order valence-corrected chi connectivity index (χ4v) is 4.82. The van der Waals surface area contributed by atoms with Gasteiger partial charge in [-0.1, -0.05) is 29.3 Å². The highest BCUT2D eigenvalue weighted by Gasteiger charge is 2.48. The van der Waals surface area contributed by atoms with Crippen LogP contribution in [0.4, 0.5) is 24.7 Å². The predicted molar refractivity (Wildman–Crippen MR) is 115 cm³/mol. The van der Waals surface area contributed by atoms with E-state index in [4.69, 9.17) is 23.2 Å². The quantitative estimate of drug-likeness (QED) is 0.379. The second-order valence-corrected chi connectivity index (χ2v) is 9.13. The molecule has 1 aromatic carbocycles. The van der Waals surface area contributed by atoms with Gasteiger partial charge < -0.3 is 10.6 Å². The Morgan fingerprint density at radius 2 is 2.07 bits per heavy atom. The maximum absolute atomic E-state index is 13.8. The molecule has 0 unspecified atom stereocenters. The molecule has 30 heavy (non-hydrogen) atoms. The Balaban J connectivity index is 1.69. The van der Waals surface area contributed by atoms with E-state index in [1.807, 2.05) is 0 Å². The molecule has 2 atom stereocenters. The Labute approximate surface area is 191 Å². The van der Waals surface area contributed by atoms with Gasteiger partial charge in [0.25, 0.3) is 5.91 Å². The van der Waals surface area contributed by atoms with E-state index in [0.717, 1.165) is 9.56 Å². The summed E-state index contributed by atoms with van der Waals surface area (Å²) < 4.78 is 42.3. The summed E-state index contributed by atoms with van der Waals surface area (Å²) in [7, 11) is 0. The van der Waals surface area contributed by atoms with Crippen LogP contribution in [0, 0.1) is 0 Å². The highest BCUT2D eigenvalue weighted by atomic mass is 79.9. The third-order valence-electron chi connectivity index (χ3n) is 4.57. The lowest BCUT2D eigenvalue weighted by atomic mass is 10.0. The van der Waals surface area contributed by atoms with Gasteiger partial charge in [0.05, 0.1) is 20.6 Å². The van der Waals surface area contributed by atoms with Gasteiger partial charge in [0.2, 0.25) is 0 Å². The standard InChI is InChI=1S/C18H12BrCl2F3N4OS/c19-14-15(17(29)25-8-3-4-9(20)10(21)6-8)27-28-13(18(22,23)24)7-11(26-16(14)28)12-2-1-5-30-12/h1-6,11,13,26H,7H2,(H,25,29)/t11-,13-/m0/s1. The number of rotatable bonds is 3. The zero-order chi connectivity index (χ0) is 21.6. The Morgan fingerprint density at radius 1 is 1.30 bits per heavy atom. The predicted octanol–water partition coefficient (Wildman–Crippen LogP) is 6.93. The maximum Gasteiger partial charge on any atom is 0.410 e. The van der Waals surface area contributed by atoms with Crippen LogP contribution in [0.3, 0.4) is 0 Å². The van der Waals surface area contributed by atoms with E-state index in [-0.39, 0.29) is 27.4 Å². The van der Waals surface area contributed by atoms with Crippen molar-refractivity contribution in [3.8, 4) is 0 Å². The number of benzene rings is 1. The Bertz CT molecular complexity index is 1100. The van der Waals surface area contributed by atoms with E-state index in [1.54, 1.807) is 17.5 Å². The molecule has 0 fully saturated rings. The van der Waals surface area contributed by atoms with Crippen molar-refractivity contribution in [2.45, 2.75) is 24.7 Å². The number of hydrogen-bond donors (Lipinski definition) is 2. The number of carbonyl (C=O) groups excluding carboxylic acids is 1. The molecule has 0 saturated heterocycles. The first kappa shape index (κ1) is 21.5. The second-order valence-electron chi connectivity index (χ2n) is 6.54. The lowest BCUT2D eigenvalue weighted by Gasteiger charge is -2.33. The van der Waals surface area contributed by atoms with E-state index in [9.17, 15) is 18.0 Å². The van der Waals surface area contributed by atoms with Crippen LogP contribution in [-0.4, -0.2) is 21.9 Å². The molecule has 0 bridgehead atoms. The van der Waals surface area contributed by atoms with Gasteiger partial charge >= 0.3 is 6.18 Å². The Hall–Kier alpha value is -1.75. The molecule has 0 aliphatic carbocycles. The summed E-state index contributed by atoms with van der Waals surface area (Å²) in [4.78, 5) is 13.5. The minimum Gasteiger partial charge on any atom is -0.362 e. The molecule has 1 aliphatic rings. The van der Waals surface area contributed by atoms with Crippen LogP contribution in [0.5, 0.6) is 0 Å². The van der Waals surface area contributed by atoms with Crippen molar-refractivity contribution in [1.82, 2.24) is 9.78 Å². The van der Waals surface area contributed by atoms with Crippen LogP contribution in [-0.2, 0) is 0 Å². The third-order valence-corrected chi connectivity index (χ3v) is 7.05. The van der Waals surface area contributed by atoms with Crippen LogP contribution >= 0.6 is 50.5 Å². The maximum atomic E-state index is 13.8. The summed E-state index contributed by atoms with van der Waals surface area (Å²) in [6.45, 7) is 0. The molecule has 1 amide bonds. The number of aromatic nitrogens is 2. The van der Waals surface area contributed by atoms with Crippen molar-refractivity contribution < 1.29 is 18.0 Å². The summed E-state index contributed by atoms with van der Waals surface area (Å²) in [6.07, 6.45) is -4.77. The van der Waals surface area contributed by atoms with Gasteiger partial charge in [-0.25, -0.2) is 4.68 Å². The molecule has 158 valence electrons. The number of halogens is 6. The highest BCUT2D eigenvalue weighted by Crippen LogP contribution is 2.47. The molecule has 12 heteroatoms. The zero-order valence-corrected chi connectivity index (χ0v) is 18.7. The number of thiophene rings is 1. The van der Waals surface area contributed by atoms with E-state index >= 15 is 0 Å². The molecule has 2 N–H and O–H groups in total. The summed E-state index contributed by atoms with van der Waals surface area (Å²) in [5.74, 6) is -0.584. The zero-order valence-electron chi connectivity index (χ0n) is 14.8. The normalized spacial score (nSPS) is 18.6. The molecule has 0 saturated carbocycles. The van der Waals surface area contributed by atoms with E-state index in [2.05, 4.69) is 31.7 Å². The summed E-state index contributed by atoms with van der Waals surface area (Å²) >= 11 is 16.4. The minimum atomic E-state index is -4.53. The second kappa shape index (κ2) is 8.07. The van der Waals surface area contributed by atoms with Crippen molar-refractivity contribution in [3.63, 3.8) is 0 Å². The van der Waals surface area contributed by atoms with Crippen LogP contribution in [0.1, 0.15) is 33.9 Å². The van der Waals surface area contributed by atoms with Gasteiger partial charge in [0.15, 0.2) is 11.7 Å². The van der Waals surface area contributed by atoms with E-state index < -0.39 is 24.2 Å². The van der Waals surface area contributed by atoms with Crippen LogP contribution in [0.15, 0.2) is 40.2 Å². The molecule has 0 radical (unpaired) electrons. The lowest BCUT2D eigenvalue weighted by Crippen LogP contribution is -2.35. The summed E-state index contributed by atoms with van der Waals surface area (Å²) in [6, 6.07) is 5.59. The SMILES string of the molecule is O=C(Nc1ccc(Cl)c(Cl)c1)c1nn2c(c1Br)N[C@H](c1cccs1)C[C@H]2C(F)(F)F. The number of alkyl halides is 3. The molecule has 4 rings (SSSR count). The molecule has 0 spiro atoms. The number of carbonyl (C=O) groups is 1. The molecule has 5 nitrogen and oxygen atoms in total. The summed E-state index contributed by atoms with van der Waals surface area (Å²) in [5.41, 5.74) is 0.161. The van der Waals surface area contributed by atoms with E-state index in [0.29, 0.717) is 10.7 Å². The smallest absolute Gasteiger partial charge is 0.362 e. The van der Waals surface area contributed by atoms with Crippen molar-refractivity contribution >= 4 is 67.9 Å². The fraction of sp³-hybridized carbons (Fsp3) is 0.222. The molecular formula is C18H12BrCl2F3N4OS. The number of nitrogens with one attached hydrogen (secondary N) is 2. The van der Waals surface area contributed by atoms with Crippen molar-refractivity contribution in [2.75, 3.05) is 10.6 Å². The molecule has 3 heterocycles. The Kier molecular flexibility index (Phi) is 5.78. The number of anilines is 2. The van der Waals surface area contributed by atoms with Gasteiger partial charge in [-0.05, 0) is 45.6 Å². The monoisotopic (exact) mass is 538 g/mol. The van der Waals surface area contributed by atoms with Crippen molar-refractivity contribution in [2.24, 2.45) is 0 Å². The fourth-order valence-electron chi connectivity index (χ4n) is 3.17. The van der Waals surface area contributed by atoms with Crippen LogP contribution in [0.25, 0.3) is 0 Å². The highest BCUT2D eigenvalue weighted by molar-refractivity contribution is 9.10. The van der Waals surface area contributed by atoms with Gasteiger partial charge in [0.1, 0.15) is 5.82 Å². The topological polar surface area (TPSA) is 59.0 Å². The van der Waals surface area contributed by atoms with Gasteiger partial charge in [-0.2, -0.15) is 18.3 Å². The largest absolute Gasteiger partial charge is 0.410 e. The third kappa shape index (κ3) is 4.05. The van der Waals surface area contributed by atoms with Crippen LogP contribution in [0.2, 0.25) is 10.0 Å². The first-order valence-corrected chi connectivity index (χ1v) is 11.0. The average molecular weight is 540 g/mol. The molecule has 2 aromatic heterocycles. The number of hydrogen-bond acceptors (Lipinski definition) is 4. The Morgan fingerprint density at radius 3 is 2.70 bits per heavy atom. The van der Waals surface area contributed by atoms with Gasteiger partial charge in [-0.15, -0.1) is 11.3 Å². The number of fused-ring (bicyclic) bond motifs is 1. The first-order chi connectivity index (χ1) is 14.1. The number of amides is 1. The molecule has 3 aromatic rings. The minimum absolute atomic E-state index is 0.0984. The average Bonchev–Trinajstić information content (AvgIpc) is 3.32. The van der Waals surface area contributed by atoms with Crippen molar-refractivity contribution in [3.05, 3.63) is 60.8 Å². The molecule has 1 aliphatic heterocycles. The first-order valence-electron chi connectivity index (χ1n) is 8.56. The van der Waals surface area contributed by atoms with Crippen molar-refractivity contribution in [1.29, 1.82) is 0 Å². The lowest BCUT2D eigenvalue weighted by molar-refractivity contribution is -0.173. The van der Waals surface area contributed by atoms with E-state index in [1.165, 1.54) is 29.5 Å².